The standard InChI is InChI=1S/C21H32ClN3O2/c1-14-3-5-15(6-4-14)13-25-9-7-16(8-10-25)24-21(26)17-11-18(22)19(23)12-20(17)27-2/h11-12,14-16H,3-10,13,23H2,1-2H3,(H,24,26). The highest BCUT2D eigenvalue weighted by molar-refractivity contribution is 6.33. The van der Waals surface area contributed by atoms with Crippen molar-refractivity contribution in [3.63, 3.8) is 0 Å². The van der Waals surface area contributed by atoms with Crippen LogP contribution >= 0.6 is 11.6 Å². The molecule has 1 aliphatic heterocycles. The maximum Gasteiger partial charge on any atom is 0.255 e. The van der Waals surface area contributed by atoms with Gasteiger partial charge in [0.1, 0.15) is 5.75 Å². The van der Waals surface area contributed by atoms with E-state index in [0.29, 0.717) is 22.0 Å². The Bertz CT molecular complexity index is 651. The molecule has 0 bridgehead atoms. The summed E-state index contributed by atoms with van der Waals surface area (Å²) < 4.78 is 5.29. The van der Waals surface area contributed by atoms with Crippen LogP contribution in [0, 0.1) is 11.8 Å². The van der Waals surface area contributed by atoms with Crippen LogP contribution in [0.1, 0.15) is 55.8 Å². The predicted octanol–water partition coefficient (Wildman–Crippen LogP) is 3.95. The summed E-state index contributed by atoms with van der Waals surface area (Å²) in [7, 11) is 1.53. The van der Waals surface area contributed by atoms with Crippen LogP contribution in [-0.2, 0) is 0 Å². The number of nitrogens with zero attached hydrogens (tertiary/aromatic N) is 1. The van der Waals surface area contributed by atoms with Gasteiger partial charge in [-0.2, -0.15) is 0 Å². The van der Waals surface area contributed by atoms with E-state index in [1.54, 1.807) is 12.1 Å². The van der Waals surface area contributed by atoms with Gasteiger partial charge in [-0.25, -0.2) is 0 Å². The molecule has 3 N–H and O–H groups in total. The van der Waals surface area contributed by atoms with E-state index in [1.165, 1.54) is 39.3 Å². The Morgan fingerprint density at radius 3 is 2.52 bits per heavy atom. The number of anilines is 1. The third kappa shape index (κ3) is 5.29. The average molecular weight is 394 g/mol. The van der Waals surface area contributed by atoms with E-state index in [0.717, 1.165) is 37.8 Å². The second-order valence-corrected chi connectivity index (χ2v) is 8.66. The number of rotatable bonds is 5. The molecule has 3 rings (SSSR count). The second-order valence-electron chi connectivity index (χ2n) is 8.25. The van der Waals surface area contributed by atoms with Gasteiger partial charge in [0.2, 0.25) is 0 Å². The van der Waals surface area contributed by atoms with Crippen LogP contribution in [-0.4, -0.2) is 43.6 Å². The minimum Gasteiger partial charge on any atom is -0.496 e. The van der Waals surface area contributed by atoms with Gasteiger partial charge in [0.05, 0.1) is 23.4 Å². The van der Waals surface area contributed by atoms with Crippen LogP contribution in [0.25, 0.3) is 0 Å². The lowest BCUT2D eigenvalue weighted by molar-refractivity contribution is 0.0896. The zero-order valence-corrected chi connectivity index (χ0v) is 17.2. The molecule has 1 saturated carbocycles. The van der Waals surface area contributed by atoms with Crippen LogP contribution in [0.3, 0.4) is 0 Å². The van der Waals surface area contributed by atoms with Gasteiger partial charge in [-0.15, -0.1) is 0 Å². The third-order valence-electron chi connectivity index (χ3n) is 6.14. The summed E-state index contributed by atoms with van der Waals surface area (Å²) in [5.74, 6) is 2.07. The van der Waals surface area contributed by atoms with E-state index in [4.69, 9.17) is 22.1 Å². The van der Waals surface area contributed by atoms with Crippen molar-refractivity contribution in [2.24, 2.45) is 11.8 Å². The Morgan fingerprint density at radius 1 is 1.22 bits per heavy atom. The Labute approximate surface area is 167 Å². The van der Waals surface area contributed by atoms with Crippen molar-refractivity contribution in [2.75, 3.05) is 32.5 Å². The summed E-state index contributed by atoms with van der Waals surface area (Å²) in [6, 6.07) is 3.39. The van der Waals surface area contributed by atoms with Crippen molar-refractivity contribution in [1.29, 1.82) is 0 Å². The normalized spacial score (nSPS) is 24.6. The Balaban J connectivity index is 1.49. The van der Waals surface area contributed by atoms with E-state index in [2.05, 4.69) is 17.1 Å². The van der Waals surface area contributed by atoms with Gasteiger partial charge in [0.25, 0.3) is 5.91 Å². The van der Waals surface area contributed by atoms with Crippen molar-refractivity contribution in [2.45, 2.75) is 51.5 Å². The average Bonchev–Trinajstić information content (AvgIpc) is 2.67. The molecule has 1 aliphatic carbocycles. The number of benzene rings is 1. The Morgan fingerprint density at radius 2 is 1.89 bits per heavy atom. The van der Waals surface area contributed by atoms with E-state index < -0.39 is 0 Å². The van der Waals surface area contributed by atoms with Crippen LogP contribution in [0.4, 0.5) is 5.69 Å². The molecule has 150 valence electrons. The number of nitrogen functional groups attached to an aromatic ring is 1. The summed E-state index contributed by atoms with van der Waals surface area (Å²) in [6.07, 6.45) is 7.47. The number of hydrogen-bond acceptors (Lipinski definition) is 4. The summed E-state index contributed by atoms with van der Waals surface area (Å²) >= 11 is 6.08. The summed E-state index contributed by atoms with van der Waals surface area (Å²) in [5, 5.41) is 3.51. The van der Waals surface area contributed by atoms with Gasteiger partial charge in [0, 0.05) is 31.7 Å². The zero-order chi connectivity index (χ0) is 19.4. The molecule has 2 aliphatic rings. The van der Waals surface area contributed by atoms with Gasteiger partial charge in [0.15, 0.2) is 0 Å². The lowest BCUT2D eigenvalue weighted by Crippen LogP contribution is -2.46. The molecule has 5 nitrogen and oxygen atoms in total. The first-order valence-corrected chi connectivity index (χ1v) is 10.5. The number of nitrogens with one attached hydrogen (secondary N) is 1. The predicted molar refractivity (Wildman–Crippen MR) is 110 cm³/mol. The fraction of sp³-hybridized carbons (Fsp3) is 0.667. The molecule has 1 saturated heterocycles. The lowest BCUT2D eigenvalue weighted by Gasteiger charge is -2.36. The highest BCUT2D eigenvalue weighted by atomic mass is 35.5. The summed E-state index contributed by atoms with van der Waals surface area (Å²) in [5.41, 5.74) is 6.65. The summed E-state index contributed by atoms with van der Waals surface area (Å²) in [4.78, 5) is 15.3. The smallest absolute Gasteiger partial charge is 0.255 e. The number of ether oxygens (including phenoxy) is 1. The zero-order valence-electron chi connectivity index (χ0n) is 16.5. The first-order chi connectivity index (χ1) is 13.0. The fourth-order valence-corrected chi connectivity index (χ4v) is 4.48. The number of carbonyl (C=O) groups excluding carboxylic acids is 1. The number of carbonyl (C=O) groups is 1. The van der Waals surface area contributed by atoms with E-state index in [1.807, 2.05) is 0 Å². The van der Waals surface area contributed by atoms with Crippen LogP contribution in [0.5, 0.6) is 5.75 Å². The number of amides is 1. The van der Waals surface area contributed by atoms with Gasteiger partial charge in [-0.05, 0) is 43.6 Å². The molecule has 0 atom stereocenters. The number of piperidine rings is 1. The van der Waals surface area contributed by atoms with Gasteiger partial charge < -0.3 is 20.7 Å². The maximum absolute atomic E-state index is 12.7. The van der Waals surface area contributed by atoms with Crippen molar-refractivity contribution in [3.05, 3.63) is 22.7 Å². The molecule has 27 heavy (non-hydrogen) atoms. The van der Waals surface area contributed by atoms with Crippen LogP contribution < -0.4 is 15.8 Å². The number of methoxy groups -OCH3 is 1. The lowest BCUT2D eigenvalue weighted by atomic mass is 9.82. The molecule has 1 heterocycles. The topological polar surface area (TPSA) is 67.6 Å². The number of nitrogens with two attached hydrogens (primary N) is 1. The summed E-state index contributed by atoms with van der Waals surface area (Å²) in [6.45, 7) is 5.69. The Kier molecular flexibility index (Phi) is 6.88. The Hall–Kier alpha value is -1.46. The van der Waals surface area contributed by atoms with Crippen LogP contribution in [0.15, 0.2) is 12.1 Å². The third-order valence-corrected chi connectivity index (χ3v) is 6.47. The molecule has 2 fully saturated rings. The molecular weight excluding hydrogens is 362 g/mol. The molecule has 0 spiro atoms. The fourth-order valence-electron chi connectivity index (χ4n) is 4.32. The molecule has 0 aromatic heterocycles. The van der Waals surface area contributed by atoms with Crippen molar-refractivity contribution >= 4 is 23.2 Å². The molecule has 1 aromatic rings. The molecule has 0 unspecified atom stereocenters. The molecule has 1 aromatic carbocycles. The minimum atomic E-state index is -0.145. The molecule has 0 radical (unpaired) electrons. The monoisotopic (exact) mass is 393 g/mol. The van der Waals surface area contributed by atoms with E-state index >= 15 is 0 Å². The van der Waals surface area contributed by atoms with Crippen molar-refractivity contribution < 1.29 is 9.53 Å². The number of hydrogen-bond donors (Lipinski definition) is 2. The molecule has 1 amide bonds. The van der Waals surface area contributed by atoms with Crippen LogP contribution in [0.2, 0.25) is 5.02 Å². The maximum atomic E-state index is 12.7. The minimum absolute atomic E-state index is 0.145. The van der Waals surface area contributed by atoms with Gasteiger partial charge >= 0.3 is 0 Å². The highest BCUT2D eigenvalue weighted by Gasteiger charge is 2.26. The van der Waals surface area contributed by atoms with E-state index in [9.17, 15) is 4.79 Å². The van der Waals surface area contributed by atoms with Crippen molar-refractivity contribution in [3.8, 4) is 5.75 Å². The SMILES string of the molecule is COc1cc(N)c(Cl)cc1C(=O)NC1CCN(CC2CCC(C)CC2)CC1. The highest BCUT2D eigenvalue weighted by Crippen LogP contribution is 2.30. The number of likely N-dealkylation sites (tertiary alicyclic amines) is 1. The quantitative estimate of drug-likeness (QED) is 0.743. The van der Waals surface area contributed by atoms with Crippen molar-refractivity contribution in [1.82, 2.24) is 10.2 Å². The first kappa shape index (κ1) is 20.3. The molecular formula is C21H32ClN3O2. The first-order valence-electron chi connectivity index (χ1n) is 10.1. The van der Waals surface area contributed by atoms with Gasteiger partial charge in [-0.3, -0.25) is 4.79 Å². The number of halogens is 1. The van der Waals surface area contributed by atoms with E-state index in [-0.39, 0.29) is 11.9 Å². The van der Waals surface area contributed by atoms with Gasteiger partial charge in [-0.1, -0.05) is 31.4 Å². The molecule has 6 heteroatoms. The second kappa shape index (κ2) is 9.16. The largest absolute Gasteiger partial charge is 0.496 e.